The first-order valence-electron chi connectivity index (χ1n) is 10.3. The summed E-state index contributed by atoms with van der Waals surface area (Å²) in [4.78, 5) is 25.6. The first-order valence-corrected chi connectivity index (χ1v) is 10.3. The zero-order valence-electron chi connectivity index (χ0n) is 18.4. The molecular weight excluding hydrogens is 378 g/mol. The third-order valence-electron chi connectivity index (χ3n) is 4.65. The number of benzene rings is 2. The summed E-state index contributed by atoms with van der Waals surface area (Å²) in [5, 5.41) is 5.56. The van der Waals surface area contributed by atoms with Crippen molar-refractivity contribution in [3.05, 3.63) is 65.7 Å². The van der Waals surface area contributed by atoms with E-state index in [-0.39, 0.29) is 23.8 Å². The number of hydrogen-bond acceptors (Lipinski definition) is 3. The highest BCUT2D eigenvalue weighted by Crippen LogP contribution is 2.24. The highest BCUT2D eigenvalue weighted by atomic mass is 16.5. The highest BCUT2D eigenvalue weighted by molar-refractivity contribution is 5.78. The highest BCUT2D eigenvalue weighted by Gasteiger charge is 2.13. The van der Waals surface area contributed by atoms with Crippen LogP contribution in [0.15, 0.2) is 54.6 Å². The second-order valence-corrected chi connectivity index (χ2v) is 8.30. The van der Waals surface area contributed by atoms with Crippen LogP contribution in [0.3, 0.4) is 0 Å². The van der Waals surface area contributed by atoms with Gasteiger partial charge in [-0.1, -0.05) is 63.2 Å². The molecule has 3 amide bonds. The Hall–Kier alpha value is -3.02. The lowest BCUT2D eigenvalue weighted by atomic mass is 9.87. The van der Waals surface area contributed by atoms with Gasteiger partial charge in [0, 0.05) is 26.6 Å². The first kappa shape index (κ1) is 23.3. The van der Waals surface area contributed by atoms with Crippen molar-refractivity contribution >= 4 is 11.9 Å². The minimum atomic E-state index is -0.200. The van der Waals surface area contributed by atoms with Crippen molar-refractivity contribution in [1.29, 1.82) is 0 Å². The number of nitrogens with one attached hydrogen (secondary N) is 2. The monoisotopic (exact) mass is 411 g/mol. The first-order chi connectivity index (χ1) is 14.3. The van der Waals surface area contributed by atoms with Crippen molar-refractivity contribution in [2.45, 2.75) is 39.2 Å². The third-order valence-corrected chi connectivity index (χ3v) is 4.65. The molecule has 0 aliphatic heterocycles. The van der Waals surface area contributed by atoms with Crippen LogP contribution in [0.4, 0.5) is 4.79 Å². The Morgan fingerprint density at radius 1 is 0.933 bits per heavy atom. The van der Waals surface area contributed by atoms with E-state index in [4.69, 9.17) is 4.74 Å². The maximum absolute atomic E-state index is 12.1. The predicted molar refractivity (Wildman–Crippen MR) is 120 cm³/mol. The number of rotatable bonds is 9. The molecule has 0 radical (unpaired) electrons. The number of hydrogen-bond donors (Lipinski definition) is 2. The summed E-state index contributed by atoms with van der Waals surface area (Å²) in [6.45, 7) is 8.13. The van der Waals surface area contributed by atoms with Gasteiger partial charge in [0.1, 0.15) is 12.4 Å². The SMILES string of the molecule is CN(Cc1ccccc1)C(=O)NCCC(=O)NCCOc1ccc(C(C)(C)C)cc1. The summed E-state index contributed by atoms with van der Waals surface area (Å²) in [6.07, 6.45) is 0.227. The van der Waals surface area contributed by atoms with Gasteiger partial charge in [-0.2, -0.15) is 0 Å². The fourth-order valence-corrected chi connectivity index (χ4v) is 2.85. The summed E-state index contributed by atoms with van der Waals surface area (Å²) >= 11 is 0. The van der Waals surface area contributed by atoms with E-state index in [1.54, 1.807) is 11.9 Å². The van der Waals surface area contributed by atoms with E-state index in [0.29, 0.717) is 26.2 Å². The molecule has 0 atom stereocenters. The van der Waals surface area contributed by atoms with Crippen LogP contribution >= 0.6 is 0 Å². The van der Waals surface area contributed by atoms with E-state index >= 15 is 0 Å². The molecule has 0 aromatic heterocycles. The topological polar surface area (TPSA) is 70.7 Å². The molecule has 6 nitrogen and oxygen atoms in total. The zero-order valence-corrected chi connectivity index (χ0v) is 18.4. The van der Waals surface area contributed by atoms with Gasteiger partial charge in [-0.25, -0.2) is 4.79 Å². The fourth-order valence-electron chi connectivity index (χ4n) is 2.85. The van der Waals surface area contributed by atoms with Crippen molar-refractivity contribution in [2.24, 2.45) is 0 Å². The van der Waals surface area contributed by atoms with Crippen molar-refractivity contribution < 1.29 is 14.3 Å². The van der Waals surface area contributed by atoms with Crippen LogP contribution in [0.25, 0.3) is 0 Å². The number of ether oxygens (including phenoxy) is 1. The molecule has 6 heteroatoms. The summed E-state index contributed by atoms with van der Waals surface area (Å²) in [7, 11) is 1.73. The van der Waals surface area contributed by atoms with E-state index in [0.717, 1.165) is 11.3 Å². The zero-order chi connectivity index (χ0) is 22.0. The fraction of sp³-hybridized carbons (Fsp3) is 0.417. The normalized spacial score (nSPS) is 10.9. The molecule has 0 spiro atoms. The number of amides is 3. The summed E-state index contributed by atoms with van der Waals surface area (Å²) in [6, 6.07) is 17.6. The maximum atomic E-state index is 12.1. The van der Waals surface area contributed by atoms with Gasteiger partial charge in [0.25, 0.3) is 0 Å². The molecule has 162 valence electrons. The van der Waals surface area contributed by atoms with Crippen LogP contribution in [0.2, 0.25) is 0 Å². The van der Waals surface area contributed by atoms with E-state index in [1.165, 1.54) is 5.56 Å². The molecule has 0 aliphatic carbocycles. The van der Waals surface area contributed by atoms with Gasteiger partial charge in [-0.15, -0.1) is 0 Å². The third kappa shape index (κ3) is 8.15. The second kappa shape index (κ2) is 11.2. The van der Waals surface area contributed by atoms with E-state index in [2.05, 4.69) is 43.5 Å². The minimum absolute atomic E-state index is 0.109. The maximum Gasteiger partial charge on any atom is 0.317 e. The van der Waals surface area contributed by atoms with Gasteiger partial charge in [0.05, 0.1) is 6.54 Å². The quantitative estimate of drug-likeness (QED) is 0.618. The summed E-state index contributed by atoms with van der Waals surface area (Å²) in [5.74, 6) is 0.665. The van der Waals surface area contributed by atoms with Gasteiger partial charge in [0.2, 0.25) is 5.91 Å². The Morgan fingerprint density at radius 2 is 1.60 bits per heavy atom. The van der Waals surface area contributed by atoms with Crippen molar-refractivity contribution in [3.63, 3.8) is 0 Å². The van der Waals surface area contributed by atoms with Gasteiger partial charge < -0.3 is 20.3 Å². The van der Waals surface area contributed by atoms with E-state index in [1.807, 2.05) is 42.5 Å². The van der Waals surface area contributed by atoms with Crippen molar-refractivity contribution in [1.82, 2.24) is 15.5 Å². The number of nitrogens with zero attached hydrogens (tertiary/aromatic N) is 1. The molecule has 0 unspecified atom stereocenters. The Morgan fingerprint density at radius 3 is 2.23 bits per heavy atom. The van der Waals surface area contributed by atoms with Crippen LogP contribution in [-0.2, 0) is 16.8 Å². The average Bonchev–Trinajstić information content (AvgIpc) is 2.71. The molecule has 0 saturated carbocycles. The summed E-state index contributed by atoms with van der Waals surface area (Å²) < 4.78 is 5.66. The van der Waals surface area contributed by atoms with Gasteiger partial charge in [0.15, 0.2) is 0 Å². The molecule has 0 fully saturated rings. The Labute approximate surface area is 179 Å². The lowest BCUT2D eigenvalue weighted by molar-refractivity contribution is -0.121. The van der Waals surface area contributed by atoms with Crippen LogP contribution in [-0.4, -0.2) is 43.6 Å². The molecule has 0 aliphatic rings. The van der Waals surface area contributed by atoms with E-state index < -0.39 is 0 Å². The smallest absolute Gasteiger partial charge is 0.317 e. The van der Waals surface area contributed by atoms with Gasteiger partial charge in [-0.05, 0) is 28.7 Å². The molecule has 0 heterocycles. The summed E-state index contributed by atoms with van der Waals surface area (Å²) in [5.41, 5.74) is 2.42. The van der Waals surface area contributed by atoms with Gasteiger partial charge in [-0.3, -0.25) is 4.79 Å². The number of carbonyl (C=O) groups excluding carboxylic acids is 2. The van der Waals surface area contributed by atoms with Crippen LogP contribution in [0, 0.1) is 0 Å². The van der Waals surface area contributed by atoms with E-state index in [9.17, 15) is 9.59 Å². The Balaban J connectivity index is 1.58. The van der Waals surface area contributed by atoms with Gasteiger partial charge >= 0.3 is 6.03 Å². The average molecular weight is 412 g/mol. The second-order valence-electron chi connectivity index (χ2n) is 8.30. The molecule has 2 rings (SSSR count). The molecule has 0 bridgehead atoms. The molecule has 0 saturated heterocycles. The van der Waals surface area contributed by atoms with Crippen molar-refractivity contribution in [3.8, 4) is 5.75 Å². The lowest BCUT2D eigenvalue weighted by Crippen LogP contribution is -2.39. The van der Waals surface area contributed by atoms with Crippen LogP contribution in [0.5, 0.6) is 5.75 Å². The number of carbonyl (C=O) groups is 2. The largest absolute Gasteiger partial charge is 0.492 e. The van der Waals surface area contributed by atoms with Crippen molar-refractivity contribution in [2.75, 3.05) is 26.7 Å². The number of urea groups is 1. The molecular formula is C24H33N3O3. The Kier molecular flexibility index (Phi) is 8.71. The predicted octanol–water partition coefficient (Wildman–Crippen LogP) is 3.71. The minimum Gasteiger partial charge on any atom is -0.492 e. The van der Waals surface area contributed by atoms with Crippen LogP contribution in [0.1, 0.15) is 38.3 Å². The molecule has 2 aromatic carbocycles. The Bertz CT molecular complexity index is 799. The molecule has 2 aromatic rings. The lowest BCUT2D eigenvalue weighted by Gasteiger charge is -2.19. The van der Waals surface area contributed by atoms with Crippen LogP contribution < -0.4 is 15.4 Å². The molecule has 2 N–H and O–H groups in total. The molecule has 30 heavy (non-hydrogen) atoms. The standard InChI is InChI=1S/C24H33N3O3/c1-24(2,3)20-10-12-21(13-11-20)30-17-16-25-22(28)14-15-26-23(29)27(4)18-19-8-6-5-7-9-19/h5-13H,14-18H2,1-4H3,(H,25,28)(H,26,29).